The lowest BCUT2D eigenvalue weighted by Crippen LogP contribution is -2.19. The van der Waals surface area contributed by atoms with Gasteiger partial charge in [-0.1, -0.05) is 0 Å². The number of anilines is 1. The summed E-state index contributed by atoms with van der Waals surface area (Å²) >= 11 is 0. The largest absolute Gasteiger partial charge is 0.493 e. The molecule has 166 valence electrons. The van der Waals surface area contributed by atoms with Gasteiger partial charge in [-0.05, 0) is 19.1 Å². The van der Waals surface area contributed by atoms with E-state index in [1.54, 1.807) is 20.0 Å². The minimum Gasteiger partial charge on any atom is -0.493 e. The summed E-state index contributed by atoms with van der Waals surface area (Å²) in [5.41, 5.74) is 0.901. The topological polar surface area (TPSA) is 138 Å². The van der Waals surface area contributed by atoms with Gasteiger partial charge in [-0.15, -0.1) is 0 Å². The molecule has 0 saturated heterocycles. The molecule has 0 bridgehead atoms. The molecular formula is C20H21N7O5. The van der Waals surface area contributed by atoms with Gasteiger partial charge in [0.1, 0.15) is 11.2 Å². The van der Waals surface area contributed by atoms with Crippen LogP contribution in [0, 0.1) is 6.92 Å². The normalized spacial score (nSPS) is 10.9. The highest BCUT2D eigenvalue weighted by Crippen LogP contribution is 2.38. The molecule has 3 aromatic heterocycles. The van der Waals surface area contributed by atoms with Crippen LogP contribution in [0.15, 0.2) is 29.2 Å². The van der Waals surface area contributed by atoms with Gasteiger partial charge in [-0.25, -0.2) is 0 Å². The van der Waals surface area contributed by atoms with Crippen molar-refractivity contribution in [1.82, 2.24) is 29.5 Å². The number of ether oxygens (including phenoxy) is 3. The quantitative estimate of drug-likeness (QED) is 0.460. The lowest BCUT2D eigenvalue weighted by Gasteiger charge is -2.14. The van der Waals surface area contributed by atoms with Gasteiger partial charge in [0.15, 0.2) is 17.1 Å². The molecule has 12 nitrogen and oxygen atoms in total. The number of aromatic nitrogens is 6. The SMILES string of the molecule is COc1cc(C(=O)Nc2cc(C)nn2-c2nc3c(cnn3C)c(=O)[nH]2)cc(OC)c1OC. The fourth-order valence-electron chi connectivity index (χ4n) is 3.27. The predicted octanol–water partition coefficient (Wildman–Crippen LogP) is 1.43. The Balaban J connectivity index is 1.74. The van der Waals surface area contributed by atoms with Crippen molar-refractivity contribution < 1.29 is 19.0 Å². The van der Waals surface area contributed by atoms with Crippen molar-refractivity contribution in [3.8, 4) is 23.2 Å². The van der Waals surface area contributed by atoms with E-state index in [2.05, 4.69) is 25.5 Å². The maximum absolute atomic E-state index is 13.0. The molecule has 4 aromatic rings. The first kappa shape index (κ1) is 20.9. The van der Waals surface area contributed by atoms with E-state index in [0.29, 0.717) is 39.8 Å². The molecule has 0 aliphatic heterocycles. The molecule has 0 radical (unpaired) electrons. The smallest absolute Gasteiger partial charge is 0.263 e. The number of hydrogen-bond donors (Lipinski definition) is 2. The number of rotatable bonds is 6. The van der Waals surface area contributed by atoms with Crippen LogP contribution < -0.4 is 25.1 Å². The number of carbonyl (C=O) groups is 1. The zero-order chi connectivity index (χ0) is 23.0. The van der Waals surface area contributed by atoms with Crippen molar-refractivity contribution in [1.29, 1.82) is 0 Å². The van der Waals surface area contributed by atoms with E-state index in [4.69, 9.17) is 14.2 Å². The van der Waals surface area contributed by atoms with E-state index in [-0.39, 0.29) is 17.1 Å². The number of carbonyl (C=O) groups excluding carboxylic acids is 1. The van der Waals surface area contributed by atoms with Crippen LogP contribution in [0.2, 0.25) is 0 Å². The van der Waals surface area contributed by atoms with Crippen LogP contribution in [0.25, 0.3) is 17.0 Å². The van der Waals surface area contributed by atoms with Crippen molar-refractivity contribution in [2.75, 3.05) is 26.6 Å². The van der Waals surface area contributed by atoms with Crippen molar-refractivity contribution in [3.05, 3.63) is 46.0 Å². The van der Waals surface area contributed by atoms with Gasteiger partial charge in [0.05, 0.1) is 33.2 Å². The first-order valence-electron chi connectivity index (χ1n) is 9.46. The molecule has 2 N–H and O–H groups in total. The first-order valence-corrected chi connectivity index (χ1v) is 9.46. The molecule has 0 spiro atoms. The number of aryl methyl sites for hydroxylation is 2. The van der Waals surface area contributed by atoms with Gasteiger partial charge >= 0.3 is 0 Å². The van der Waals surface area contributed by atoms with Crippen molar-refractivity contribution in [2.24, 2.45) is 7.05 Å². The minimum atomic E-state index is -0.450. The fraction of sp³-hybridized carbons (Fsp3) is 0.250. The number of amides is 1. The number of nitrogens with zero attached hydrogens (tertiary/aromatic N) is 5. The molecule has 3 heterocycles. The monoisotopic (exact) mass is 439 g/mol. The molecule has 0 unspecified atom stereocenters. The van der Waals surface area contributed by atoms with Crippen LogP contribution in [0.1, 0.15) is 16.1 Å². The van der Waals surface area contributed by atoms with E-state index in [9.17, 15) is 9.59 Å². The Morgan fingerprint density at radius 3 is 2.41 bits per heavy atom. The molecule has 1 aromatic carbocycles. The van der Waals surface area contributed by atoms with E-state index in [1.807, 2.05) is 0 Å². The summed E-state index contributed by atoms with van der Waals surface area (Å²) in [4.78, 5) is 32.6. The Morgan fingerprint density at radius 2 is 1.78 bits per heavy atom. The average Bonchev–Trinajstić information content (AvgIpc) is 3.34. The molecule has 4 rings (SSSR count). The molecule has 32 heavy (non-hydrogen) atoms. The van der Waals surface area contributed by atoms with E-state index in [0.717, 1.165) is 0 Å². The van der Waals surface area contributed by atoms with Crippen LogP contribution in [0.4, 0.5) is 5.82 Å². The van der Waals surface area contributed by atoms with Crippen LogP contribution >= 0.6 is 0 Å². The zero-order valence-corrected chi connectivity index (χ0v) is 18.1. The maximum atomic E-state index is 13.0. The maximum Gasteiger partial charge on any atom is 0.263 e. The highest BCUT2D eigenvalue weighted by molar-refractivity contribution is 6.04. The number of H-pyrrole nitrogens is 1. The summed E-state index contributed by atoms with van der Waals surface area (Å²) in [7, 11) is 6.09. The molecule has 0 aliphatic rings. The molecule has 0 fully saturated rings. The standard InChI is InChI=1S/C20H21N7O5/c1-10-6-15(22-18(28)11-7-13(30-3)16(32-5)14(8-11)31-4)27(25-10)20-23-17-12(19(29)24-20)9-21-26(17)2/h6-9H,1-5H3,(H,22,28)(H,23,24,29). The highest BCUT2D eigenvalue weighted by Gasteiger charge is 2.20. The summed E-state index contributed by atoms with van der Waals surface area (Å²) in [6.07, 6.45) is 1.44. The zero-order valence-electron chi connectivity index (χ0n) is 18.1. The second-order valence-electron chi connectivity index (χ2n) is 6.85. The summed E-state index contributed by atoms with van der Waals surface area (Å²) in [6.45, 7) is 1.76. The second kappa shape index (κ2) is 8.06. The Morgan fingerprint density at radius 1 is 1.09 bits per heavy atom. The van der Waals surface area contributed by atoms with Crippen molar-refractivity contribution in [3.63, 3.8) is 0 Å². The van der Waals surface area contributed by atoms with E-state index >= 15 is 0 Å². The average molecular weight is 439 g/mol. The molecule has 0 aliphatic carbocycles. The summed E-state index contributed by atoms with van der Waals surface area (Å²) in [5.74, 6) is 1.06. The van der Waals surface area contributed by atoms with Gasteiger partial charge in [0.25, 0.3) is 11.5 Å². The molecule has 1 amide bonds. The lowest BCUT2D eigenvalue weighted by atomic mass is 10.1. The molecule has 0 saturated carbocycles. The van der Waals surface area contributed by atoms with Crippen molar-refractivity contribution >= 4 is 22.8 Å². The number of benzene rings is 1. The number of fused-ring (bicyclic) bond motifs is 1. The Bertz CT molecular complexity index is 1360. The first-order chi connectivity index (χ1) is 15.4. The number of hydrogen-bond acceptors (Lipinski definition) is 8. The molecule has 0 atom stereocenters. The van der Waals surface area contributed by atoms with Crippen LogP contribution in [-0.2, 0) is 7.05 Å². The van der Waals surface area contributed by atoms with Crippen LogP contribution in [0.3, 0.4) is 0 Å². The van der Waals surface area contributed by atoms with E-state index in [1.165, 1.54) is 49.0 Å². The van der Waals surface area contributed by atoms with Gasteiger partial charge in [0, 0.05) is 18.7 Å². The van der Waals surface area contributed by atoms with Gasteiger partial charge < -0.3 is 19.5 Å². The Kier molecular flexibility index (Phi) is 5.26. The molecular weight excluding hydrogens is 418 g/mol. The summed E-state index contributed by atoms with van der Waals surface area (Å²) in [5, 5.41) is 11.5. The summed E-state index contributed by atoms with van der Waals surface area (Å²) < 4.78 is 18.8. The van der Waals surface area contributed by atoms with E-state index < -0.39 is 5.91 Å². The molecule has 12 heteroatoms. The van der Waals surface area contributed by atoms with Crippen molar-refractivity contribution in [2.45, 2.75) is 6.92 Å². The third-order valence-corrected chi connectivity index (χ3v) is 4.79. The number of nitrogens with one attached hydrogen (secondary N) is 2. The highest BCUT2D eigenvalue weighted by atomic mass is 16.5. The van der Waals surface area contributed by atoms with Crippen LogP contribution in [-0.4, -0.2) is 56.8 Å². The number of methoxy groups -OCH3 is 3. The minimum absolute atomic E-state index is 0.138. The predicted molar refractivity (Wildman–Crippen MR) is 115 cm³/mol. The van der Waals surface area contributed by atoms with Gasteiger partial charge in [-0.3, -0.25) is 19.3 Å². The van der Waals surface area contributed by atoms with Crippen LogP contribution in [0.5, 0.6) is 17.2 Å². The Labute approximate surface area is 181 Å². The van der Waals surface area contributed by atoms with Gasteiger partial charge in [0.2, 0.25) is 11.7 Å². The van der Waals surface area contributed by atoms with Gasteiger partial charge in [-0.2, -0.15) is 19.9 Å². The second-order valence-corrected chi connectivity index (χ2v) is 6.85. The third-order valence-electron chi connectivity index (χ3n) is 4.79. The fourth-order valence-corrected chi connectivity index (χ4v) is 3.27. The third kappa shape index (κ3) is 3.51. The summed E-state index contributed by atoms with van der Waals surface area (Å²) in [6, 6.07) is 4.72. The lowest BCUT2D eigenvalue weighted by molar-refractivity contribution is 0.102. The Hall–Kier alpha value is -4.35. The number of aromatic amines is 1.